The third-order valence-electron chi connectivity index (χ3n) is 3.97. The highest BCUT2D eigenvalue weighted by atomic mass is 79.9. The van der Waals surface area contributed by atoms with Gasteiger partial charge in [0.05, 0.1) is 22.5 Å². The number of Topliss-reactive ketones (excluding diaryl/α,β-unsaturated/α-hetero) is 1. The molecule has 26 heavy (non-hydrogen) atoms. The monoisotopic (exact) mass is 416 g/mol. The lowest BCUT2D eigenvalue weighted by Crippen LogP contribution is -2.27. The molecule has 0 aliphatic carbocycles. The SMILES string of the molecule is Br.C=CCn1c(=N)n(CC(=O)c2cccc([N+](=O)[O-])c2)c2ccccc21. The molecule has 1 aromatic heterocycles. The summed E-state index contributed by atoms with van der Waals surface area (Å²) in [6.07, 6.45) is 1.69. The Kier molecular flexibility index (Phi) is 5.89. The van der Waals surface area contributed by atoms with Gasteiger partial charge in [0.25, 0.3) is 5.69 Å². The number of hydrogen-bond acceptors (Lipinski definition) is 4. The molecular weight excluding hydrogens is 400 g/mol. The van der Waals surface area contributed by atoms with Crippen LogP contribution in [0.1, 0.15) is 10.4 Å². The van der Waals surface area contributed by atoms with Crippen molar-refractivity contribution in [2.75, 3.05) is 0 Å². The van der Waals surface area contributed by atoms with Crippen LogP contribution in [0.15, 0.2) is 61.2 Å². The number of carbonyl (C=O) groups excluding carboxylic acids is 1. The maximum absolute atomic E-state index is 12.6. The van der Waals surface area contributed by atoms with Gasteiger partial charge in [-0.2, -0.15) is 0 Å². The Morgan fingerprint density at radius 2 is 1.81 bits per heavy atom. The van der Waals surface area contributed by atoms with E-state index in [1.165, 1.54) is 18.2 Å². The predicted octanol–water partition coefficient (Wildman–Crippen LogP) is 3.48. The number of benzene rings is 2. The molecule has 1 heterocycles. The van der Waals surface area contributed by atoms with E-state index in [0.717, 1.165) is 11.0 Å². The molecule has 7 nitrogen and oxygen atoms in total. The molecular formula is C18H17BrN4O3. The molecule has 0 amide bonds. The lowest BCUT2D eigenvalue weighted by Gasteiger charge is -2.04. The molecule has 2 aromatic carbocycles. The summed E-state index contributed by atoms with van der Waals surface area (Å²) in [4.78, 5) is 22.9. The van der Waals surface area contributed by atoms with Crippen LogP contribution in [0.4, 0.5) is 5.69 Å². The third kappa shape index (κ3) is 3.50. The standard InChI is InChI=1S/C18H16N4O3.BrH/c1-2-10-20-15-8-3-4-9-16(15)21(18(20)19)12-17(23)13-6-5-7-14(11-13)22(24)25;/h2-9,11,19H,1,10,12H2;1H. The fraction of sp³-hybridized carbons (Fsp3) is 0.111. The normalized spacial score (nSPS) is 10.3. The Morgan fingerprint density at radius 3 is 2.42 bits per heavy atom. The van der Waals surface area contributed by atoms with Crippen molar-refractivity contribution in [3.05, 3.63) is 82.5 Å². The Hall–Kier alpha value is -3.00. The number of nitrogens with zero attached hydrogens (tertiary/aromatic N) is 3. The van der Waals surface area contributed by atoms with E-state index in [0.29, 0.717) is 6.54 Å². The van der Waals surface area contributed by atoms with E-state index in [9.17, 15) is 14.9 Å². The molecule has 3 rings (SSSR count). The van der Waals surface area contributed by atoms with E-state index >= 15 is 0 Å². The number of nitro benzene ring substituents is 1. The summed E-state index contributed by atoms with van der Waals surface area (Å²) in [5.74, 6) is -0.288. The van der Waals surface area contributed by atoms with E-state index in [-0.39, 0.29) is 46.2 Å². The molecule has 0 saturated heterocycles. The van der Waals surface area contributed by atoms with Gasteiger partial charge < -0.3 is 9.13 Å². The first-order valence-corrected chi connectivity index (χ1v) is 7.64. The lowest BCUT2D eigenvalue weighted by molar-refractivity contribution is -0.384. The number of para-hydroxylation sites is 2. The number of aromatic nitrogens is 2. The van der Waals surface area contributed by atoms with Crippen molar-refractivity contribution in [2.24, 2.45) is 0 Å². The van der Waals surface area contributed by atoms with Crippen LogP contribution in [0.5, 0.6) is 0 Å². The van der Waals surface area contributed by atoms with Gasteiger partial charge in [0, 0.05) is 24.2 Å². The molecule has 0 bridgehead atoms. The Labute approximate surface area is 159 Å². The van der Waals surface area contributed by atoms with Crippen molar-refractivity contribution < 1.29 is 9.72 Å². The summed E-state index contributed by atoms with van der Waals surface area (Å²) in [6, 6.07) is 13.1. The quantitative estimate of drug-likeness (QED) is 0.288. The van der Waals surface area contributed by atoms with Crippen LogP contribution >= 0.6 is 17.0 Å². The number of allylic oxidation sites excluding steroid dienone is 1. The van der Waals surface area contributed by atoms with Gasteiger partial charge in [0.15, 0.2) is 5.78 Å². The number of fused-ring (bicyclic) bond motifs is 1. The minimum absolute atomic E-state index is 0. The molecule has 1 N–H and O–H groups in total. The molecule has 134 valence electrons. The largest absolute Gasteiger partial charge is 0.307 e. The van der Waals surface area contributed by atoms with E-state index in [2.05, 4.69) is 6.58 Å². The number of ketones is 1. The molecule has 0 saturated carbocycles. The number of imidazole rings is 1. The highest BCUT2D eigenvalue weighted by Gasteiger charge is 2.16. The maximum atomic E-state index is 12.6. The van der Waals surface area contributed by atoms with Gasteiger partial charge in [-0.15, -0.1) is 23.6 Å². The van der Waals surface area contributed by atoms with Gasteiger partial charge in [-0.05, 0) is 12.1 Å². The van der Waals surface area contributed by atoms with Crippen molar-refractivity contribution >= 4 is 39.5 Å². The summed E-state index contributed by atoms with van der Waals surface area (Å²) in [5, 5.41) is 19.2. The highest BCUT2D eigenvalue weighted by molar-refractivity contribution is 8.93. The molecule has 0 aliphatic heterocycles. The highest BCUT2D eigenvalue weighted by Crippen LogP contribution is 2.16. The fourth-order valence-electron chi connectivity index (χ4n) is 2.80. The zero-order valence-corrected chi connectivity index (χ0v) is 15.5. The Balaban J connectivity index is 0.00000243. The second-order valence-corrected chi connectivity index (χ2v) is 5.53. The number of hydrogen-bond donors (Lipinski definition) is 1. The van der Waals surface area contributed by atoms with E-state index in [1.807, 2.05) is 24.3 Å². The van der Waals surface area contributed by atoms with Crippen LogP contribution in [0.3, 0.4) is 0 Å². The molecule has 8 heteroatoms. The van der Waals surface area contributed by atoms with Gasteiger partial charge in [0.1, 0.15) is 0 Å². The smallest absolute Gasteiger partial charge is 0.270 e. The zero-order chi connectivity index (χ0) is 18.0. The number of nitrogens with one attached hydrogen (secondary N) is 1. The second kappa shape index (κ2) is 7.92. The van der Waals surface area contributed by atoms with Crippen LogP contribution in [0.25, 0.3) is 11.0 Å². The molecule has 3 aromatic rings. The average molecular weight is 417 g/mol. The Morgan fingerprint density at radius 1 is 1.15 bits per heavy atom. The molecule has 0 atom stereocenters. The predicted molar refractivity (Wildman–Crippen MR) is 104 cm³/mol. The van der Waals surface area contributed by atoms with Crippen molar-refractivity contribution in [3.8, 4) is 0 Å². The minimum Gasteiger partial charge on any atom is -0.307 e. The first kappa shape index (κ1) is 19.3. The van der Waals surface area contributed by atoms with Gasteiger partial charge in [0.2, 0.25) is 5.62 Å². The maximum Gasteiger partial charge on any atom is 0.270 e. The summed E-state index contributed by atoms with van der Waals surface area (Å²) < 4.78 is 3.35. The van der Waals surface area contributed by atoms with Gasteiger partial charge in [-0.3, -0.25) is 20.3 Å². The molecule has 0 aliphatic rings. The van der Waals surface area contributed by atoms with E-state index in [4.69, 9.17) is 5.41 Å². The van der Waals surface area contributed by atoms with Crippen LogP contribution in [0, 0.1) is 15.5 Å². The molecule has 0 unspecified atom stereocenters. The zero-order valence-electron chi connectivity index (χ0n) is 13.8. The van der Waals surface area contributed by atoms with Crippen molar-refractivity contribution in [1.29, 1.82) is 5.41 Å². The number of rotatable bonds is 6. The first-order chi connectivity index (χ1) is 12.0. The van der Waals surface area contributed by atoms with Crippen molar-refractivity contribution in [2.45, 2.75) is 13.1 Å². The number of non-ortho nitro benzene ring substituents is 1. The first-order valence-electron chi connectivity index (χ1n) is 7.64. The van der Waals surface area contributed by atoms with Gasteiger partial charge in [-0.25, -0.2) is 0 Å². The number of nitro groups is 1. The minimum atomic E-state index is -0.532. The van der Waals surface area contributed by atoms with Crippen LogP contribution in [-0.2, 0) is 13.1 Å². The van der Waals surface area contributed by atoms with E-state index < -0.39 is 4.92 Å². The van der Waals surface area contributed by atoms with Gasteiger partial charge in [-0.1, -0.05) is 30.3 Å². The number of carbonyl (C=O) groups is 1. The summed E-state index contributed by atoms with van der Waals surface area (Å²) in [6.45, 7) is 4.09. The number of halogens is 1. The fourth-order valence-corrected chi connectivity index (χ4v) is 2.80. The molecule has 0 fully saturated rings. The Bertz CT molecular complexity index is 1050. The van der Waals surface area contributed by atoms with Crippen molar-refractivity contribution in [1.82, 2.24) is 9.13 Å². The summed E-state index contributed by atoms with van der Waals surface area (Å²) in [7, 11) is 0. The summed E-state index contributed by atoms with van der Waals surface area (Å²) >= 11 is 0. The summed E-state index contributed by atoms with van der Waals surface area (Å²) in [5.41, 5.74) is 1.89. The van der Waals surface area contributed by atoms with Crippen LogP contribution < -0.4 is 5.62 Å². The topological polar surface area (TPSA) is 93.9 Å². The van der Waals surface area contributed by atoms with E-state index in [1.54, 1.807) is 21.3 Å². The average Bonchev–Trinajstić information content (AvgIpc) is 2.88. The second-order valence-electron chi connectivity index (χ2n) is 5.53. The lowest BCUT2D eigenvalue weighted by atomic mass is 10.1. The third-order valence-corrected chi connectivity index (χ3v) is 3.97. The van der Waals surface area contributed by atoms with Crippen molar-refractivity contribution in [3.63, 3.8) is 0 Å². The molecule has 0 spiro atoms. The molecule has 0 radical (unpaired) electrons. The van der Waals surface area contributed by atoms with Crippen LogP contribution in [-0.4, -0.2) is 19.8 Å². The van der Waals surface area contributed by atoms with Gasteiger partial charge >= 0.3 is 0 Å². The van der Waals surface area contributed by atoms with Crippen LogP contribution in [0.2, 0.25) is 0 Å².